The van der Waals surface area contributed by atoms with Gasteiger partial charge in [-0.2, -0.15) is 5.26 Å². The van der Waals surface area contributed by atoms with Gasteiger partial charge in [0.25, 0.3) is 0 Å². The largest absolute Gasteiger partial charge is 0.396 e. The van der Waals surface area contributed by atoms with E-state index in [2.05, 4.69) is 16.0 Å². The molecule has 4 nitrogen and oxygen atoms in total. The highest BCUT2D eigenvalue weighted by Gasteiger charge is 2.28. The first-order valence-corrected chi connectivity index (χ1v) is 7.16. The van der Waals surface area contributed by atoms with Gasteiger partial charge in [0.15, 0.2) is 5.15 Å². The first-order valence-electron chi connectivity index (χ1n) is 6.40. The standard InChI is InChI=1S/C15H13Cl2N3O/c16-13-9-19-14(15(17)20-13)11(6-7-21)12(8-18)10-4-2-1-3-5-10/h1-5,9,11-12,21H,6-7H2/t11-,12-/m0/s1. The fraction of sp³-hybridized carbons (Fsp3) is 0.267. The molecule has 108 valence electrons. The summed E-state index contributed by atoms with van der Waals surface area (Å²) in [6.45, 7) is -0.0731. The molecule has 0 bridgehead atoms. The van der Waals surface area contributed by atoms with E-state index in [4.69, 9.17) is 23.2 Å². The lowest BCUT2D eigenvalue weighted by molar-refractivity contribution is 0.271. The van der Waals surface area contributed by atoms with Gasteiger partial charge in [0.2, 0.25) is 0 Å². The average molecular weight is 322 g/mol. The van der Waals surface area contributed by atoms with Gasteiger partial charge in [-0.3, -0.25) is 4.98 Å². The zero-order valence-electron chi connectivity index (χ0n) is 11.1. The summed E-state index contributed by atoms with van der Waals surface area (Å²) < 4.78 is 0. The fourth-order valence-corrected chi connectivity index (χ4v) is 2.72. The van der Waals surface area contributed by atoms with Crippen molar-refractivity contribution >= 4 is 23.2 Å². The van der Waals surface area contributed by atoms with Crippen LogP contribution in [0.15, 0.2) is 36.5 Å². The molecule has 0 spiro atoms. The van der Waals surface area contributed by atoms with Crippen molar-refractivity contribution in [3.8, 4) is 6.07 Å². The predicted molar refractivity (Wildman–Crippen MR) is 81.3 cm³/mol. The smallest absolute Gasteiger partial charge is 0.152 e. The Hall–Kier alpha value is -1.67. The van der Waals surface area contributed by atoms with Gasteiger partial charge in [-0.25, -0.2) is 4.98 Å². The van der Waals surface area contributed by atoms with Crippen LogP contribution in [-0.4, -0.2) is 21.7 Å². The van der Waals surface area contributed by atoms with E-state index < -0.39 is 5.92 Å². The number of aliphatic hydroxyl groups excluding tert-OH is 1. The average Bonchev–Trinajstić information content (AvgIpc) is 2.48. The number of benzene rings is 1. The van der Waals surface area contributed by atoms with E-state index >= 15 is 0 Å². The van der Waals surface area contributed by atoms with Crippen LogP contribution in [0.3, 0.4) is 0 Å². The first kappa shape index (κ1) is 15.7. The number of aliphatic hydroxyl groups is 1. The number of halogens is 2. The molecule has 0 unspecified atom stereocenters. The highest BCUT2D eigenvalue weighted by Crippen LogP contribution is 2.36. The molecular formula is C15H13Cl2N3O. The van der Waals surface area contributed by atoms with E-state index in [1.807, 2.05) is 30.3 Å². The number of nitrogens with zero attached hydrogens (tertiary/aromatic N) is 3. The van der Waals surface area contributed by atoms with Gasteiger partial charge in [0.05, 0.1) is 23.9 Å². The molecule has 0 aliphatic heterocycles. The van der Waals surface area contributed by atoms with Crippen LogP contribution in [0.2, 0.25) is 10.3 Å². The topological polar surface area (TPSA) is 69.8 Å². The Morgan fingerprint density at radius 1 is 1.24 bits per heavy atom. The van der Waals surface area contributed by atoms with Crippen LogP contribution in [0.1, 0.15) is 29.5 Å². The number of hydrogen-bond donors (Lipinski definition) is 1. The Balaban J connectivity index is 2.44. The monoisotopic (exact) mass is 321 g/mol. The number of hydrogen-bond acceptors (Lipinski definition) is 4. The summed E-state index contributed by atoms with van der Waals surface area (Å²) in [6.07, 6.45) is 1.76. The summed E-state index contributed by atoms with van der Waals surface area (Å²) in [5, 5.41) is 19.2. The number of rotatable bonds is 5. The molecule has 1 aromatic heterocycles. The minimum Gasteiger partial charge on any atom is -0.396 e. The van der Waals surface area contributed by atoms with Gasteiger partial charge in [-0.05, 0) is 12.0 Å². The molecule has 6 heteroatoms. The second-order valence-electron chi connectivity index (χ2n) is 4.51. The Morgan fingerprint density at radius 3 is 2.52 bits per heavy atom. The van der Waals surface area contributed by atoms with Crippen molar-refractivity contribution in [2.45, 2.75) is 18.3 Å². The maximum atomic E-state index is 9.53. The molecule has 0 saturated heterocycles. The Bertz CT molecular complexity index is 643. The fourth-order valence-electron chi connectivity index (χ4n) is 2.26. The lowest BCUT2D eigenvalue weighted by Gasteiger charge is -2.21. The van der Waals surface area contributed by atoms with Crippen LogP contribution >= 0.6 is 23.2 Å². The van der Waals surface area contributed by atoms with Crippen molar-refractivity contribution in [3.63, 3.8) is 0 Å². The van der Waals surface area contributed by atoms with Crippen LogP contribution in [0.25, 0.3) is 0 Å². The zero-order valence-corrected chi connectivity index (χ0v) is 12.6. The molecule has 1 aromatic carbocycles. The Kier molecular flexibility index (Phi) is 5.51. The van der Waals surface area contributed by atoms with Crippen molar-refractivity contribution in [1.29, 1.82) is 5.26 Å². The molecule has 0 radical (unpaired) electrons. The van der Waals surface area contributed by atoms with E-state index in [0.717, 1.165) is 5.56 Å². The maximum absolute atomic E-state index is 9.53. The van der Waals surface area contributed by atoms with Crippen LogP contribution in [0.4, 0.5) is 0 Å². The molecule has 1 N–H and O–H groups in total. The minimum atomic E-state index is -0.466. The second kappa shape index (κ2) is 7.37. The highest BCUT2D eigenvalue weighted by molar-refractivity contribution is 6.32. The summed E-state index contributed by atoms with van der Waals surface area (Å²) in [6, 6.07) is 11.6. The van der Waals surface area contributed by atoms with E-state index in [0.29, 0.717) is 12.1 Å². The Morgan fingerprint density at radius 2 is 1.95 bits per heavy atom. The molecule has 2 aromatic rings. The normalized spacial score (nSPS) is 13.4. The quantitative estimate of drug-likeness (QED) is 0.914. The van der Waals surface area contributed by atoms with Gasteiger partial charge in [-0.15, -0.1) is 0 Å². The maximum Gasteiger partial charge on any atom is 0.152 e. The molecule has 0 saturated carbocycles. The highest BCUT2D eigenvalue weighted by atomic mass is 35.5. The van der Waals surface area contributed by atoms with Gasteiger partial charge in [-0.1, -0.05) is 53.5 Å². The summed E-state index contributed by atoms with van der Waals surface area (Å²) in [4.78, 5) is 8.17. The summed E-state index contributed by atoms with van der Waals surface area (Å²) in [5.41, 5.74) is 1.33. The third-order valence-corrected chi connectivity index (χ3v) is 3.68. The van der Waals surface area contributed by atoms with E-state index in [-0.39, 0.29) is 22.8 Å². The summed E-state index contributed by atoms with van der Waals surface area (Å²) >= 11 is 11.9. The first-order chi connectivity index (χ1) is 10.2. The Labute approximate surface area is 133 Å². The zero-order chi connectivity index (χ0) is 15.2. The van der Waals surface area contributed by atoms with Crippen molar-refractivity contribution in [3.05, 3.63) is 58.1 Å². The SMILES string of the molecule is N#C[C@@H](c1ccccc1)[C@H](CCO)c1ncc(Cl)nc1Cl. The van der Waals surface area contributed by atoms with Crippen molar-refractivity contribution in [2.24, 2.45) is 0 Å². The number of aromatic nitrogens is 2. The van der Waals surface area contributed by atoms with Gasteiger partial charge >= 0.3 is 0 Å². The lowest BCUT2D eigenvalue weighted by atomic mass is 9.83. The van der Waals surface area contributed by atoms with Gasteiger partial charge in [0, 0.05) is 12.5 Å². The number of nitriles is 1. The van der Waals surface area contributed by atoms with E-state index in [1.54, 1.807) is 0 Å². The molecule has 2 rings (SSSR count). The van der Waals surface area contributed by atoms with E-state index in [1.165, 1.54) is 6.20 Å². The molecule has 1 heterocycles. The van der Waals surface area contributed by atoms with Crippen molar-refractivity contribution in [1.82, 2.24) is 9.97 Å². The van der Waals surface area contributed by atoms with Gasteiger partial charge < -0.3 is 5.11 Å². The molecule has 0 aliphatic carbocycles. The van der Waals surface area contributed by atoms with Crippen molar-refractivity contribution < 1.29 is 5.11 Å². The molecule has 0 aliphatic rings. The third kappa shape index (κ3) is 3.70. The third-order valence-electron chi connectivity index (χ3n) is 3.22. The molecule has 0 fully saturated rings. The van der Waals surface area contributed by atoms with E-state index in [9.17, 15) is 10.4 Å². The molecule has 2 atom stereocenters. The van der Waals surface area contributed by atoms with Crippen LogP contribution in [0, 0.1) is 11.3 Å². The molecule has 0 amide bonds. The minimum absolute atomic E-state index is 0.0731. The van der Waals surface area contributed by atoms with Crippen LogP contribution in [-0.2, 0) is 0 Å². The lowest BCUT2D eigenvalue weighted by Crippen LogP contribution is -2.14. The summed E-state index contributed by atoms with van der Waals surface area (Å²) in [5.74, 6) is -0.814. The van der Waals surface area contributed by atoms with Crippen LogP contribution in [0.5, 0.6) is 0 Å². The molecule has 21 heavy (non-hydrogen) atoms. The van der Waals surface area contributed by atoms with Crippen molar-refractivity contribution in [2.75, 3.05) is 6.61 Å². The van der Waals surface area contributed by atoms with Crippen LogP contribution < -0.4 is 0 Å². The summed E-state index contributed by atoms with van der Waals surface area (Å²) in [7, 11) is 0. The second-order valence-corrected chi connectivity index (χ2v) is 5.25. The molecular weight excluding hydrogens is 309 g/mol. The predicted octanol–water partition coefficient (Wildman–Crippen LogP) is 3.56. The van der Waals surface area contributed by atoms with Gasteiger partial charge in [0.1, 0.15) is 5.15 Å².